The molecule has 1 unspecified atom stereocenters. The van der Waals surface area contributed by atoms with Crippen molar-refractivity contribution in [1.29, 1.82) is 0 Å². The van der Waals surface area contributed by atoms with Crippen molar-refractivity contribution >= 4 is 27.5 Å². The molecule has 0 radical (unpaired) electrons. The number of rotatable bonds is 4. The van der Waals surface area contributed by atoms with E-state index in [1.54, 1.807) is 42.1 Å². The Kier molecular flexibility index (Phi) is 4.12. The fourth-order valence-electron chi connectivity index (χ4n) is 3.37. The summed E-state index contributed by atoms with van der Waals surface area (Å²) in [5.74, 6) is 0.484. The minimum Gasteiger partial charge on any atom is -0.381 e. The van der Waals surface area contributed by atoms with Gasteiger partial charge in [0.25, 0.3) is 0 Å². The van der Waals surface area contributed by atoms with Crippen molar-refractivity contribution < 1.29 is 18.3 Å². The third-order valence-corrected chi connectivity index (χ3v) is 7.37. The predicted octanol–water partition coefficient (Wildman–Crippen LogP) is 6.10. The van der Waals surface area contributed by atoms with Crippen LogP contribution in [0.15, 0.2) is 48.9 Å². The van der Waals surface area contributed by atoms with Crippen LogP contribution in [0.1, 0.15) is 45.9 Å². The molecule has 0 saturated heterocycles. The Morgan fingerprint density at radius 3 is 2.71 bits per heavy atom. The van der Waals surface area contributed by atoms with Crippen molar-refractivity contribution in [1.82, 2.24) is 9.38 Å². The van der Waals surface area contributed by atoms with Gasteiger partial charge in [0.2, 0.25) is 0 Å². The SMILES string of the molecule is OC(c1ccc(-c2cccc(C(F)(F)F)c2)s1)c1c(C2CC2)sc2cncn12. The maximum absolute atomic E-state index is 13.0. The van der Waals surface area contributed by atoms with Crippen molar-refractivity contribution in [2.45, 2.75) is 31.0 Å². The largest absolute Gasteiger partial charge is 0.416 e. The number of halogens is 3. The minimum atomic E-state index is -4.38. The van der Waals surface area contributed by atoms with E-state index in [1.807, 2.05) is 4.40 Å². The summed E-state index contributed by atoms with van der Waals surface area (Å²) in [5, 5.41) is 11.1. The lowest BCUT2D eigenvalue weighted by Gasteiger charge is -2.11. The molecular weight excluding hydrogens is 405 g/mol. The Hall–Kier alpha value is -2.16. The summed E-state index contributed by atoms with van der Waals surface area (Å²) in [6.45, 7) is 0. The second-order valence-corrected chi connectivity index (χ2v) is 9.09. The molecule has 3 aromatic heterocycles. The molecule has 0 amide bonds. The lowest BCUT2D eigenvalue weighted by atomic mass is 10.1. The number of hydrogen-bond acceptors (Lipinski definition) is 4. The van der Waals surface area contributed by atoms with Gasteiger partial charge in [-0.25, -0.2) is 4.98 Å². The van der Waals surface area contributed by atoms with E-state index >= 15 is 0 Å². The summed E-state index contributed by atoms with van der Waals surface area (Å²) in [4.78, 5) is 7.74. The Morgan fingerprint density at radius 1 is 1.14 bits per heavy atom. The zero-order valence-corrected chi connectivity index (χ0v) is 16.1. The molecule has 0 spiro atoms. The van der Waals surface area contributed by atoms with E-state index in [0.29, 0.717) is 21.2 Å². The molecule has 1 fully saturated rings. The van der Waals surface area contributed by atoms with Gasteiger partial charge in [-0.2, -0.15) is 13.2 Å². The number of aliphatic hydroxyl groups excluding tert-OH is 1. The molecule has 0 bridgehead atoms. The van der Waals surface area contributed by atoms with Crippen LogP contribution in [0.2, 0.25) is 0 Å². The molecule has 3 nitrogen and oxygen atoms in total. The zero-order valence-electron chi connectivity index (χ0n) is 14.5. The van der Waals surface area contributed by atoms with Crippen LogP contribution in [0.3, 0.4) is 0 Å². The standard InChI is InChI=1S/C20H15F3N2OS2/c21-20(22,23)13-3-1-2-12(8-13)14-6-7-15(27-14)18(26)17-19(11-4-5-11)28-16-9-24-10-25(16)17/h1-3,6-11,18,26H,4-5H2. The molecule has 1 atom stereocenters. The number of aromatic nitrogens is 2. The van der Waals surface area contributed by atoms with Gasteiger partial charge in [0.05, 0.1) is 17.5 Å². The molecule has 1 aliphatic carbocycles. The number of thiophene rings is 1. The van der Waals surface area contributed by atoms with Gasteiger partial charge in [0, 0.05) is 14.6 Å². The third-order valence-electron chi connectivity index (χ3n) is 4.91. The molecule has 8 heteroatoms. The topological polar surface area (TPSA) is 37.5 Å². The van der Waals surface area contributed by atoms with Gasteiger partial charge in [-0.05, 0) is 48.6 Å². The number of hydrogen-bond donors (Lipinski definition) is 1. The maximum atomic E-state index is 13.0. The highest BCUT2D eigenvalue weighted by Gasteiger charge is 2.33. The van der Waals surface area contributed by atoms with Gasteiger partial charge in [-0.1, -0.05) is 12.1 Å². The van der Waals surface area contributed by atoms with Gasteiger partial charge >= 0.3 is 6.18 Å². The predicted molar refractivity (Wildman–Crippen MR) is 104 cm³/mol. The molecule has 0 aliphatic heterocycles. The quantitative estimate of drug-likeness (QED) is 0.433. The van der Waals surface area contributed by atoms with E-state index < -0.39 is 17.8 Å². The fraction of sp³-hybridized carbons (Fsp3) is 0.250. The first-order valence-corrected chi connectivity index (χ1v) is 10.4. The monoisotopic (exact) mass is 420 g/mol. The Balaban J connectivity index is 1.52. The number of imidazole rings is 1. The molecule has 1 aliphatic rings. The Bertz CT molecular complexity index is 1150. The van der Waals surface area contributed by atoms with E-state index in [2.05, 4.69) is 4.98 Å². The lowest BCUT2D eigenvalue weighted by Crippen LogP contribution is -2.04. The van der Waals surface area contributed by atoms with Crippen LogP contribution in [-0.2, 0) is 6.18 Å². The fourth-order valence-corrected chi connectivity index (χ4v) is 5.66. The number of nitrogens with zero attached hydrogens (tertiary/aromatic N) is 2. The number of benzene rings is 1. The minimum absolute atomic E-state index is 0.484. The summed E-state index contributed by atoms with van der Waals surface area (Å²) in [5.41, 5.74) is 0.658. The van der Waals surface area contributed by atoms with Crippen LogP contribution in [0, 0.1) is 0 Å². The third kappa shape index (κ3) is 3.05. The van der Waals surface area contributed by atoms with Crippen LogP contribution in [-0.4, -0.2) is 14.5 Å². The zero-order chi connectivity index (χ0) is 19.5. The van der Waals surface area contributed by atoms with Crippen molar-refractivity contribution in [2.75, 3.05) is 0 Å². The molecule has 1 saturated carbocycles. The van der Waals surface area contributed by atoms with Gasteiger partial charge in [-0.15, -0.1) is 22.7 Å². The van der Waals surface area contributed by atoms with E-state index in [-0.39, 0.29) is 0 Å². The summed E-state index contributed by atoms with van der Waals surface area (Å²) >= 11 is 2.97. The molecule has 144 valence electrons. The van der Waals surface area contributed by atoms with Gasteiger partial charge in [0.15, 0.2) is 0 Å². The van der Waals surface area contributed by atoms with Crippen molar-refractivity contribution in [2.24, 2.45) is 0 Å². The molecule has 5 rings (SSSR count). The number of fused-ring (bicyclic) bond motifs is 1. The average molecular weight is 420 g/mol. The molecule has 1 N–H and O–H groups in total. The van der Waals surface area contributed by atoms with Crippen LogP contribution in [0.5, 0.6) is 0 Å². The van der Waals surface area contributed by atoms with E-state index in [0.717, 1.165) is 35.5 Å². The van der Waals surface area contributed by atoms with Crippen molar-refractivity contribution in [3.8, 4) is 10.4 Å². The van der Waals surface area contributed by atoms with Crippen molar-refractivity contribution in [3.05, 3.63) is 69.9 Å². The normalized spacial score (nSPS) is 16.0. The average Bonchev–Trinajstić information content (AvgIpc) is 3.07. The van der Waals surface area contributed by atoms with Gasteiger partial charge in [0.1, 0.15) is 17.3 Å². The first-order valence-electron chi connectivity index (χ1n) is 8.82. The van der Waals surface area contributed by atoms with Gasteiger partial charge in [-0.3, -0.25) is 4.40 Å². The second-order valence-electron chi connectivity index (χ2n) is 6.91. The van der Waals surface area contributed by atoms with E-state index in [9.17, 15) is 18.3 Å². The molecular formula is C20H15F3N2OS2. The second kappa shape index (κ2) is 6.43. The van der Waals surface area contributed by atoms with Crippen LogP contribution in [0.4, 0.5) is 13.2 Å². The summed E-state index contributed by atoms with van der Waals surface area (Å²) in [6, 6.07) is 8.85. The molecule has 3 heterocycles. The van der Waals surface area contributed by atoms with Crippen molar-refractivity contribution in [3.63, 3.8) is 0 Å². The Morgan fingerprint density at radius 2 is 1.96 bits per heavy atom. The number of alkyl halides is 3. The van der Waals surface area contributed by atoms with Gasteiger partial charge < -0.3 is 5.11 Å². The van der Waals surface area contributed by atoms with Crippen LogP contribution >= 0.6 is 22.7 Å². The first kappa shape index (κ1) is 17.9. The first-order chi connectivity index (χ1) is 13.4. The summed E-state index contributed by atoms with van der Waals surface area (Å²) in [7, 11) is 0. The van der Waals surface area contributed by atoms with Crippen LogP contribution < -0.4 is 0 Å². The highest BCUT2D eigenvalue weighted by atomic mass is 32.1. The number of thiazole rings is 1. The lowest BCUT2D eigenvalue weighted by molar-refractivity contribution is -0.137. The smallest absolute Gasteiger partial charge is 0.381 e. The molecule has 4 aromatic rings. The highest BCUT2D eigenvalue weighted by Crippen LogP contribution is 2.48. The Labute approximate surface area is 166 Å². The highest BCUT2D eigenvalue weighted by molar-refractivity contribution is 7.17. The van der Waals surface area contributed by atoms with E-state index in [4.69, 9.17) is 0 Å². The summed E-state index contributed by atoms with van der Waals surface area (Å²) < 4.78 is 40.9. The van der Waals surface area contributed by atoms with E-state index in [1.165, 1.54) is 22.3 Å². The summed E-state index contributed by atoms with van der Waals surface area (Å²) in [6.07, 6.45) is 0.529. The molecule has 1 aromatic carbocycles. The van der Waals surface area contributed by atoms with Crippen LogP contribution in [0.25, 0.3) is 15.3 Å². The maximum Gasteiger partial charge on any atom is 0.416 e. The molecule has 28 heavy (non-hydrogen) atoms. The number of aliphatic hydroxyl groups is 1.